The number of aromatic nitrogens is 2. The van der Waals surface area contributed by atoms with Crippen LogP contribution in [-0.4, -0.2) is 9.55 Å². The molecule has 2 rings (SSSR count). The van der Waals surface area contributed by atoms with Crippen molar-refractivity contribution >= 4 is 22.6 Å². The molecule has 0 radical (unpaired) electrons. The molecule has 1 aromatic heterocycles. The fraction of sp³-hybridized carbons (Fsp3) is 0.562. The maximum Gasteiger partial charge on any atom is 0.151 e. The van der Waals surface area contributed by atoms with Crippen molar-refractivity contribution in [2.75, 3.05) is 0 Å². The zero-order chi connectivity index (χ0) is 14.9. The molecule has 110 valence electrons. The van der Waals surface area contributed by atoms with E-state index in [-0.39, 0.29) is 16.7 Å². The first kappa shape index (κ1) is 15.3. The summed E-state index contributed by atoms with van der Waals surface area (Å²) in [6, 6.07) is 5.13. The SMILES string of the molecule is CCC(CC)(CC)n1c(C(C)Cl)nc2c(F)cccc21. The highest BCUT2D eigenvalue weighted by Crippen LogP contribution is 2.37. The second-order valence-corrected chi connectivity index (χ2v) is 5.97. The van der Waals surface area contributed by atoms with Gasteiger partial charge in [0.2, 0.25) is 0 Å². The molecule has 0 aliphatic carbocycles. The summed E-state index contributed by atoms with van der Waals surface area (Å²) in [5.41, 5.74) is 1.22. The third-order valence-corrected chi connectivity index (χ3v) is 4.66. The first-order valence-corrected chi connectivity index (χ1v) is 7.75. The van der Waals surface area contributed by atoms with Gasteiger partial charge in [-0.2, -0.15) is 0 Å². The molecule has 0 spiro atoms. The van der Waals surface area contributed by atoms with Crippen LogP contribution in [-0.2, 0) is 5.54 Å². The zero-order valence-corrected chi connectivity index (χ0v) is 13.3. The van der Waals surface area contributed by atoms with Crippen LogP contribution in [0.2, 0.25) is 0 Å². The Morgan fingerprint density at radius 1 is 1.25 bits per heavy atom. The van der Waals surface area contributed by atoms with Gasteiger partial charge in [0, 0.05) is 5.54 Å². The highest BCUT2D eigenvalue weighted by Gasteiger charge is 2.32. The molecule has 0 amide bonds. The highest BCUT2D eigenvalue weighted by atomic mass is 35.5. The normalized spacial score (nSPS) is 13.9. The molecule has 20 heavy (non-hydrogen) atoms. The minimum atomic E-state index is -0.281. The van der Waals surface area contributed by atoms with Crippen LogP contribution in [0.25, 0.3) is 11.0 Å². The van der Waals surface area contributed by atoms with Crippen molar-refractivity contribution in [1.82, 2.24) is 9.55 Å². The van der Waals surface area contributed by atoms with Gasteiger partial charge in [-0.15, -0.1) is 11.6 Å². The van der Waals surface area contributed by atoms with E-state index < -0.39 is 0 Å². The van der Waals surface area contributed by atoms with Gasteiger partial charge in [-0.05, 0) is 38.3 Å². The van der Waals surface area contributed by atoms with Gasteiger partial charge in [-0.3, -0.25) is 0 Å². The zero-order valence-electron chi connectivity index (χ0n) is 12.6. The molecular weight excluding hydrogens is 275 g/mol. The van der Waals surface area contributed by atoms with E-state index in [9.17, 15) is 4.39 Å². The highest BCUT2D eigenvalue weighted by molar-refractivity contribution is 6.20. The Balaban J connectivity index is 2.85. The number of hydrogen-bond donors (Lipinski definition) is 0. The third-order valence-electron chi connectivity index (χ3n) is 4.47. The number of fused-ring (bicyclic) bond motifs is 1. The molecule has 1 unspecified atom stereocenters. The third kappa shape index (κ3) is 2.22. The van der Waals surface area contributed by atoms with Crippen molar-refractivity contribution in [1.29, 1.82) is 0 Å². The molecule has 1 atom stereocenters. The van der Waals surface area contributed by atoms with Gasteiger partial charge in [-0.25, -0.2) is 9.37 Å². The molecule has 0 saturated carbocycles. The number of nitrogens with zero attached hydrogens (tertiary/aromatic N) is 2. The van der Waals surface area contributed by atoms with E-state index in [0.717, 1.165) is 30.6 Å². The van der Waals surface area contributed by atoms with Crippen molar-refractivity contribution in [3.8, 4) is 0 Å². The molecule has 2 nitrogen and oxygen atoms in total. The van der Waals surface area contributed by atoms with E-state index in [4.69, 9.17) is 11.6 Å². The van der Waals surface area contributed by atoms with Crippen molar-refractivity contribution in [3.63, 3.8) is 0 Å². The first-order chi connectivity index (χ1) is 9.50. The van der Waals surface area contributed by atoms with E-state index in [1.165, 1.54) is 6.07 Å². The maximum absolute atomic E-state index is 14.0. The summed E-state index contributed by atoms with van der Waals surface area (Å²) >= 11 is 6.30. The minimum Gasteiger partial charge on any atom is -0.320 e. The molecule has 0 aliphatic heterocycles. The van der Waals surface area contributed by atoms with Crippen LogP contribution < -0.4 is 0 Å². The number of alkyl halides is 1. The van der Waals surface area contributed by atoms with Crippen LogP contribution in [0.15, 0.2) is 18.2 Å². The van der Waals surface area contributed by atoms with Gasteiger partial charge in [0.15, 0.2) is 5.82 Å². The summed E-state index contributed by atoms with van der Waals surface area (Å²) in [7, 11) is 0. The molecule has 0 saturated heterocycles. The minimum absolute atomic E-state index is 0.0545. The quantitative estimate of drug-likeness (QED) is 0.675. The van der Waals surface area contributed by atoms with Crippen molar-refractivity contribution in [3.05, 3.63) is 29.8 Å². The summed E-state index contributed by atoms with van der Waals surface area (Å²) in [5.74, 6) is 0.481. The Labute approximate surface area is 125 Å². The van der Waals surface area contributed by atoms with Gasteiger partial charge >= 0.3 is 0 Å². The van der Waals surface area contributed by atoms with Crippen molar-refractivity contribution < 1.29 is 4.39 Å². The summed E-state index contributed by atoms with van der Waals surface area (Å²) in [6.07, 6.45) is 2.91. The Morgan fingerprint density at radius 2 is 1.85 bits per heavy atom. The predicted molar refractivity (Wildman–Crippen MR) is 82.8 cm³/mol. The van der Waals surface area contributed by atoms with Crippen molar-refractivity contribution in [2.45, 2.75) is 57.9 Å². The summed E-state index contributed by atoms with van der Waals surface area (Å²) in [6.45, 7) is 8.39. The summed E-state index contributed by atoms with van der Waals surface area (Å²) in [5, 5.41) is -0.245. The Bertz CT molecular complexity index is 592. The number of rotatable bonds is 5. The second kappa shape index (κ2) is 5.72. The average Bonchev–Trinajstić information content (AvgIpc) is 2.84. The van der Waals surface area contributed by atoms with E-state index in [1.807, 2.05) is 13.0 Å². The van der Waals surface area contributed by atoms with Crippen LogP contribution in [0.4, 0.5) is 4.39 Å². The molecule has 0 N–H and O–H groups in total. The summed E-state index contributed by atoms with van der Waals surface area (Å²) < 4.78 is 16.2. The first-order valence-electron chi connectivity index (χ1n) is 7.32. The number of halogens is 2. The van der Waals surface area contributed by atoms with Gasteiger partial charge in [0.1, 0.15) is 11.3 Å². The van der Waals surface area contributed by atoms with Crippen LogP contribution in [0, 0.1) is 5.82 Å². The van der Waals surface area contributed by atoms with E-state index in [1.54, 1.807) is 6.07 Å². The Kier molecular flexibility index (Phi) is 4.38. The largest absolute Gasteiger partial charge is 0.320 e. The molecule has 0 fully saturated rings. The smallest absolute Gasteiger partial charge is 0.151 e. The average molecular weight is 297 g/mol. The molecule has 4 heteroatoms. The predicted octanol–water partition coefficient (Wildman–Crippen LogP) is 5.40. The van der Waals surface area contributed by atoms with Crippen LogP contribution in [0.5, 0.6) is 0 Å². The second-order valence-electron chi connectivity index (χ2n) is 5.31. The topological polar surface area (TPSA) is 17.8 Å². The van der Waals surface area contributed by atoms with E-state index in [2.05, 4.69) is 30.3 Å². The molecular formula is C16H22ClFN2. The van der Waals surface area contributed by atoms with Crippen LogP contribution in [0.3, 0.4) is 0 Å². The van der Waals surface area contributed by atoms with Gasteiger partial charge < -0.3 is 4.57 Å². The standard InChI is InChI=1S/C16H22ClFN2/c1-5-16(6-2,7-3)20-13-10-8-9-12(18)14(13)19-15(20)11(4)17/h8-11H,5-7H2,1-4H3. The van der Waals surface area contributed by atoms with Gasteiger partial charge in [0.25, 0.3) is 0 Å². The van der Waals surface area contributed by atoms with E-state index in [0.29, 0.717) is 5.52 Å². The molecule has 1 heterocycles. The molecule has 0 bridgehead atoms. The number of para-hydroxylation sites is 1. The number of benzene rings is 1. The molecule has 2 aromatic rings. The van der Waals surface area contributed by atoms with Gasteiger partial charge in [-0.1, -0.05) is 26.8 Å². The lowest BCUT2D eigenvalue weighted by atomic mass is 9.89. The lowest BCUT2D eigenvalue weighted by molar-refractivity contribution is 0.251. The van der Waals surface area contributed by atoms with Gasteiger partial charge in [0.05, 0.1) is 10.9 Å². The van der Waals surface area contributed by atoms with E-state index >= 15 is 0 Å². The lowest BCUT2D eigenvalue weighted by Gasteiger charge is -2.35. The maximum atomic E-state index is 14.0. The fourth-order valence-corrected chi connectivity index (χ4v) is 3.22. The van der Waals surface area contributed by atoms with Crippen LogP contribution in [0.1, 0.15) is 58.2 Å². The molecule has 0 aliphatic rings. The summed E-state index contributed by atoms with van der Waals surface area (Å²) in [4.78, 5) is 4.48. The number of hydrogen-bond acceptors (Lipinski definition) is 1. The van der Waals surface area contributed by atoms with Crippen LogP contribution >= 0.6 is 11.6 Å². The Hall–Kier alpha value is -1.09. The Morgan fingerprint density at radius 3 is 2.35 bits per heavy atom. The number of imidazole rings is 1. The molecule has 1 aromatic carbocycles. The van der Waals surface area contributed by atoms with Crippen molar-refractivity contribution in [2.24, 2.45) is 0 Å². The fourth-order valence-electron chi connectivity index (χ4n) is 3.07. The lowest BCUT2D eigenvalue weighted by Crippen LogP contribution is -2.33. The monoisotopic (exact) mass is 296 g/mol.